The lowest BCUT2D eigenvalue weighted by Gasteiger charge is -2.23. The second-order valence-corrected chi connectivity index (χ2v) is 5.45. The molecule has 1 heterocycles. The number of rotatable bonds is 4. The van der Waals surface area contributed by atoms with Gasteiger partial charge in [-0.2, -0.15) is 0 Å². The van der Waals surface area contributed by atoms with Gasteiger partial charge in [0.2, 0.25) is 5.91 Å². The molecule has 2 unspecified atom stereocenters. The SMILES string of the molecule is Cc1cccc(CN(C)C(=O)C2CCCC2C(=O)O)n1. The molecule has 0 radical (unpaired) electrons. The van der Waals surface area contributed by atoms with Crippen molar-refractivity contribution in [1.82, 2.24) is 9.88 Å². The number of nitrogens with zero attached hydrogens (tertiary/aromatic N) is 2. The lowest BCUT2D eigenvalue weighted by molar-refractivity contribution is -0.148. The molecule has 2 atom stereocenters. The summed E-state index contributed by atoms with van der Waals surface area (Å²) in [6.45, 7) is 2.33. The average Bonchev–Trinajstić information content (AvgIpc) is 2.87. The number of aryl methyl sites for hydroxylation is 1. The van der Waals surface area contributed by atoms with E-state index in [1.54, 1.807) is 11.9 Å². The van der Waals surface area contributed by atoms with Crippen LogP contribution < -0.4 is 0 Å². The maximum atomic E-state index is 12.4. The summed E-state index contributed by atoms with van der Waals surface area (Å²) in [6, 6.07) is 5.69. The third kappa shape index (κ3) is 3.15. The van der Waals surface area contributed by atoms with Crippen molar-refractivity contribution in [3.8, 4) is 0 Å². The molecule has 1 amide bonds. The topological polar surface area (TPSA) is 70.5 Å². The highest BCUT2D eigenvalue weighted by Gasteiger charge is 2.38. The zero-order chi connectivity index (χ0) is 14.7. The highest BCUT2D eigenvalue weighted by atomic mass is 16.4. The fraction of sp³-hybridized carbons (Fsp3) is 0.533. The molecular weight excluding hydrogens is 256 g/mol. The second kappa shape index (κ2) is 6.03. The number of carbonyl (C=O) groups is 2. The van der Waals surface area contributed by atoms with E-state index in [1.807, 2.05) is 25.1 Å². The Morgan fingerprint density at radius 2 is 2.05 bits per heavy atom. The summed E-state index contributed by atoms with van der Waals surface area (Å²) in [4.78, 5) is 29.5. The van der Waals surface area contributed by atoms with Crippen molar-refractivity contribution >= 4 is 11.9 Å². The van der Waals surface area contributed by atoms with Gasteiger partial charge in [-0.1, -0.05) is 12.5 Å². The first-order chi connectivity index (χ1) is 9.49. The minimum Gasteiger partial charge on any atom is -0.481 e. The smallest absolute Gasteiger partial charge is 0.307 e. The molecule has 5 nitrogen and oxygen atoms in total. The number of aliphatic carboxylic acids is 1. The van der Waals surface area contributed by atoms with E-state index in [-0.39, 0.29) is 11.8 Å². The molecular formula is C15H20N2O3. The van der Waals surface area contributed by atoms with Gasteiger partial charge in [0.1, 0.15) is 0 Å². The molecule has 1 aliphatic rings. The zero-order valence-corrected chi connectivity index (χ0v) is 11.9. The molecule has 108 valence electrons. The molecule has 2 rings (SSSR count). The Bertz CT molecular complexity index is 516. The van der Waals surface area contributed by atoms with Gasteiger partial charge in [-0.05, 0) is 31.9 Å². The second-order valence-electron chi connectivity index (χ2n) is 5.45. The van der Waals surface area contributed by atoms with Gasteiger partial charge in [-0.15, -0.1) is 0 Å². The van der Waals surface area contributed by atoms with Gasteiger partial charge < -0.3 is 10.0 Å². The van der Waals surface area contributed by atoms with Crippen molar-refractivity contribution in [2.75, 3.05) is 7.05 Å². The minimum absolute atomic E-state index is 0.0850. The Morgan fingerprint density at radius 3 is 2.70 bits per heavy atom. The number of aromatic nitrogens is 1. The molecule has 1 aromatic rings. The quantitative estimate of drug-likeness (QED) is 0.911. The van der Waals surface area contributed by atoms with Crippen molar-refractivity contribution in [2.24, 2.45) is 11.8 Å². The molecule has 0 saturated heterocycles. The van der Waals surface area contributed by atoms with Crippen LogP contribution in [0, 0.1) is 18.8 Å². The Labute approximate surface area is 118 Å². The predicted molar refractivity (Wildman–Crippen MR) is 73.9 cm³/mol. The minimum atomic E-state index is -0.858. The van der Waals surface area contributed by atoms with Crippen LogP contribution in [0.4, 0.5) is 0 Å². The molecule has 1 N–H and O–H groups in total. The lowest BCUT2D eigenvalue weighted by atomic mass is 9.95. The zero-order valence-electron chi connectivity index (χ0n) is 11.9. The first-order valence-electron chi connectivity index (χ1n) is 6.89. The van der Waals surface area contributed by atoms with Crippen molar-refractivity contribution in [1.29, 1.82) is 0 Å². The van der Waals surface area contributed by atoms with Gasteiger partial charge in [0.05, 0.1) is 24.1 Å². The Morgan fingerprint density at radius 1 is 1.35 bits per heavy atom. The van der Waals surface area contributed by atoms with Gasteiger partial charge in [-0.3, -0.25) is 14.6 Å². The third-order valence-electron chi connectivity index (χ3n) is 3.87. The molecule has 1 saturated carbocycles. The van der Waals surface area contributed by atoms with E-state index in [4.69, 9.17) is 5.11 Å². The predicted octanol–water partition coefficient (Wildman–Crippen LogP) is 1.85. The maximum Gasteiger partial charge on any atom is 0.307 e. The number of carboxylic acids is 1. The molecule has 1 fully saturated rings. The fourth-order valence-electron chi connectivity index (χ4n) is 2.84. The van der Waals surface area contributed by atoms with Crippen LogP contribution in [0.15, 0.2) is 18.2 Å². The van der Waals surface area contributed by atoms with E-state index in [9.17, 15) is 9.59 Å². The average molecular weight is 276 g/mol. The van der Waals surface area contributed by atoms with Gasteiger partial charge in [0, 0.05) is 12.7 Å². The van der Waals surface area contributed by atoms with Gasteiger partial charge in [0.15, 0.2) is 0 Å². The highest BCUT2D eigenvalue weighted by Crippen LogP contribution is 2.33. The van der Waals surface area contributed by atoms with Crippen LogP contribution in [-0.4, -0.2) is 33.9 Å². The van der Waals surface area contributed by atoms with Crippen LogP contribution in [-0.2, 0) is 16.1 Å². The summed E-state index contributed by atoms with van der Waals surface area (Å²) in [7, 11) is 1.71. The largest absolute Gasteiger partial charge is 0.481 e. The standard InChI is InChI=1S/C15H20N2O3/c1-10-5-3-6-11(16-10)9-17(2)14(18)12-7-4-8-13(12)15(19)20/h3,5-6,12-13H,4,7-9H2,1-2H3,(H,19,20). The third-order valence-corrected chi connectivity index (χ3v) is 3.87. The molecule has 0 bridgehead atoms. The Hall–Kier alpha value is -1.91. The van der Waals surface area contributed by atoms with Crippen LogP contribution in [0.2, 0.25) is 0 Å². The first kappa shape index (κ1) is 14.5. The van der Waals surface area contributed by atoms with E-state index < -0.39 is 11.9 Å². The highest BCUT2D eigenvalue weighted by molar-refractivity contribution is 5.85. The van der Waals surface area contributed by atoms with Crippen molar-refractivity contribution in [3.05, 3.63) is 29.6 Å². The molecule has 0 spiro atoms. The molecule has 5 heteroatoms. The molecule has 0 aliphatic heterocycles. The Balaban J connectivity index is 2.03. The lowest BCUT2D eigenvalue weighted by Crippen LogP contribution is -2.36. The number of amides is 1. The molecule has 0 aromatic carbocycles. The van der Waals surface area contributed by atoms with Crippen molar-refractivity contribution in [2.45, 2.75) is 32.7 Å². The van der Waals surface area contributed by atoms with E-state index in [0.29, 0.717) is 19.4 Å². The van der Waals surface area contributed by atoms with Crippen LogP contribution in [0.3, 0.4) is 0 Å². The van der Waals surface area contributed by atoms with Gasteiger partial charge in [-0.25, -0.2) is 0 Å². The van der Waals surface area contributed by atoms with E-state index in [2.05, 4.69) is 4.98 Å². The fourth-order valence-corrected chi connectivity index (χ4v) is 2.84. The molecule has 1 aromatic heterocycles. The van der Waals surface area contributed by atoms with Gasteiger partial charge in [0.25, 0.3) is 0 Å². The van der Waals surface area contributed by atoms with Gasteiger partial charge >= 0.3 is 5.97 Å². The number of hydrogen-bond acceptors (Lipinski definition) is 3. The number of hydrogen-bond donors (Lipinski definition) is 1. The van der Waals surface area contributed by atoms with Crippen LogP contribution in [0.1, 0.15) is 30.7 Å². The normalized spacial score (nSPS) is 21.7. The number of carbonyl (C=O) groups excluding carboxylic acids is 1. The molecule has 1 aliphatic carbocycles. The van der Waals surface area contributed by atoms with Crippen molar-refractivity contribution in [3.63, 3.8) is 0 Å². The van der Waals surface area contributed by atoms with E-state index in [1.165, 1.54) is 0 Å². The summed E-state index contributed by atoms with van der Waals surface area (Å²) < 4.78 is 0. The van der Waals surface area contributed by atoms with Crippen LogP contribution in [0.25, 0.3) is 0 Å². The molecule has 20 heavy (non-hydrogen) atoms. The summed E-state index contributed by atoms with van der Waals surface area (Å²) in [6.07, 6.45) is 2.08. The first-order valence-corrected chi connectivity index (χ1v) is 6.89. The maximum absolute atomic E-state index is 12.4. The summed E-state index contributed by atoms with van der Waals surface area (Å²) in [5.74, 6) is -1.86. The van der Waals surface area contributed by atoms with Crippen LogP contribution in [0.5, 0.6) is 0 Å². The van der Waals surface area contributed by atoms with E-state index in [0.717, 1.165) is 17.8 Å². The summed E-state index contributed by atoms with van der Waals surface area (Å²) in [5.41, 5.74) is 1.73. The van der Waals surface area contributed by atoms with E-state index >= 15 is 0 Å². The van der Waals surface area contributed by atoms with Crippen molar-refractivity contribution < 1.29 is 14.7 Å². The number of carboxylic acid groups (broad SMARTS) is 1. The number of pyridine rings is 1. The monoisotopic (exact) mass is 276 g/mol. The summed E-state index contributed by atoms with van der Waals surface area (Å²) in [5, 5.41) is 9.16. The summed E-state index contributed by atoms with van der Waals surface area (Å²) >= 11 is 0. The Kier molecular flexibility index (Phi) is 4.37. The van der Waals surface area contributed by atoms with Crippen LogP contribution >= 0.6 is 0 Å².